The first kappa shape index (κ1) is 19.5. The van der Waals surface area contributed by atoms with Crippen molar-refractivity contribution in [3.8, 4) is 5.75 Å². The number of methoxy groups -OCH3 is 1. The van der Waals surface area contributed by atoms with Crippen molar-refractivity contribution in [1.29, 1.82) is 0 Å². The van der Waals surface area contributed by atoms with Gasteiger partial charge in [0.2, 0.25) is 0 Å². The molecule has 0 saturated carbocycles. The van der Waals surface area contributed by atoms with Crippen LogP contribution in [-0.4, -0.2) is 22.7 Å². The summed E-state index contributed by atoms with van der Waals surface area (Å²) in [7, 11) is 1.28. The lowest BCUT2D eigenvalue weighted by Crippen LogP contribution is -2.20. The van der Waals surface area contributed by atoms with Crippen molar-refractivity contribution in [1.82, 2.24) is 9.55 Å². The lowest BCUT2D eigenvalue weighted by atomic mass is 10.1. The second-order valence-corrected chi connectivity index (χ2v) is 7.00. The molecule has 0 atom stereocenters. The van der Waals surface area contributed by atoms with Gasteiger partial charge < -0.3 is 25.7 Å². The molecule has 2 aromatic carbocycles. The molecule has 33 heavy (non-hydrogen) atoms. The minimum Gasteiger partial charge on any atom is -0.495 e. The van der Waals surface area contributed by atoms with Crippen LogP contribution in [0.5, 0.6) is 5.75 Å². The van der Waals surface area contributed by atoms with Gasteiger partial charge in [-0.2, -0.15) is 13.2 Å². The van der Waals surface area contributed by atoms with E-state index in [1.165, 1.54) is 36.2 Å². The van der Waals surface area contributed by atoms with Crippen LogP contribution in [0.2, 0.25) is 0 Å². The highest BCUT2D eigenvalue weighted by Crippen LogP contribution is 2.35. The van der Waals surface area contributed by atoms with Crippen LogP contribution >= 0.6 is 0 Å². The molecule has 0 unspecified atom stereocenters. The molecule has 0 spiro atoms. The summed E-state index contributed by atoms with van der Waals surface area (Å²) in [6, 6.07) is 11.4. The van der Waals surface area contributed by atoms with E-state index in [9.17, 15) is 18.0 Å². The molecule has 2 heterocycles. The summed E-state index contributed by atoms with van der Waals surface area (Å²) in [5.74, 6) is 0.231. The zero-order valence-corrected chi connectivity index (χ0v) is 17.3. The van der Waals surface area contributed by atoms with Gasteiger partial charge in [-0.05, 0) is 54.1 Å². The maximum Gasteiger partial charge on any atom is 0.416 e. The number of rotatable bonds is 5. The number of halogens is 3. The standard InChI is InChI=1S/C23H20F3N5O2/c1-33-20-6-5-15(23(24,25)26)12-18(20)30-22(32)29-17-3-2-4-19-16(17)8-10-31(19)13-14-7-9-28-21(27)11-14/h2-12H,13H2,1H3,(H2,27,28)(H2,29,30,32)/i13D2. The molecule has 4 rings (SSSR count). The fourth-order valence-corrected chi connectivity index (χ4v) is 3.29. The highest BCUT2D eigenvalue weighted by Gasteiger charge is 2.31. The highest BCUT2D eigenvalue weighted by molar-refractivity contribution is 6.06. The van der Waals surface area contributed by atoms with Gasteiger partial charge in [0.1, 0.15) is 11.6 Å². The number of anilines is 3. The zero-order valence-electron chi connectivity index (χ0n) is 19.3. The Morgan fingerprint density at radius 3 is 2.67 bits per heavy atom. The smallest absolute Gasteiger partial charge is 0.416 e. The molecule has 2 aromatic heterocycles. The number of hydrogen-bond acceptors (Lipinski definition) is 4. The number of nitrogens with one attached hydrogen (secondary N) is 2. The van der Waals surface area contributed by atoms with E-state index in [-0.39, 0.29) is 22.8 Å². The molecule has 0 fully saturated rings. The van der Waals surface area contributed by atoms with E-state index in [0.29, 0.717) is 16.6 Å². The maximum atomic E-state index is 13.1. The van der Waals surface area contributed by atoms with Crippen LogP contribution in [0, 0.1) is 0 Å². The summed E-state index contributed by atoms with van der Waals surface area (Å²) in [6.45, 7) is -1.98. The number of urea groups is 1. The van der Waals surface area contributed by atoms with E-state index < -0.39 is 24.3 Å². The third-order valence-electron chi connectivity index (χ3n) is 4.79. The molecule has 10 heteroatoms. The van der Waals surface area contributed by atoms with E-state index in [4.69, 9.17) is 13.2 Å². The van der Waals surface area contributed by atoms with E-state index in [1.807, 2.05) is 0 Å². The molecule has 7 nitrogen and oxygen atoms in total. The summed E-state index contributed by atoms with van der Waals surface area (Å²) >= 11 is 0. The minimum absolute atomic E-state index is 0.0577. The van der Waals surface area contributed by atoms with Gasteiger partial charge in [-0.3, -0.25) is 0 Å². The number of amides is 2. The minimum atomic E-state index is -4.59. The summed E-state index contributed by atoms with van der Waals surface area (Å²) in [5.41, 5.74) is 5.70. The van der Waals surface area contributed by atoms with Crippen LogP contribution in [0.1, 0.15) is 13.9 Å². The fourth-order valence-electron chi connectivity index (χ4n) is 3.29. The highest BCUT2D eigenvalue weighted by atomic mass is 19.4. The second kappa shape index (κ2) is 8.73. The monoisotopic (exact) mass is 457 g/mol. The van der Waals surface area contributed by atoms with Crippen molar-refractivity contribution in [3.63, 3.8) is 0 Å². The first-order valence-electron chi connectivity index (χ1n) is 10.7. The van der Waals surface area contributed by atoms with Gasteiger partial charge >= 0.3 is 12.2 Å². The predicted octanol–water partition coefficient (Wildman–Crippen LogP) is 5.34. The summed E-state index contributed by atoms with van der Waals surface area (Å²) in [4.78, 5) is 16.5. The number of fused-ring (bicyclic) bond motifs is 1. The third kappa shape index (κ3) is 4.84. The van der Waals surface area contributed by atoms with Crippen LogP contribution in [-0.2, 0) is 12.7 Å². The SMILES string of the molecule is [2H]C([2H])(c1ccnc(N)c1)n1ccc2c(NC(=O)Nc3cc(C(F)(F)F)ccc3OC)cccc21. The maximum absolute atomic E-state index is 13.1. The number of hydrogen-bond donors (Lipinski definition) is 3. The molecule has 0 radical (unpaired) electrons. The number of carbonyl (C=O) groups is 1. The molecule has 4 aromatic rings. The first-order valence-corrected chi connectivity index (χ1v) is 9.66. The number of nitrogens with zero attached hydrogens (tertiary/aromatic N) is 2. The van der Waals surface area contributed by atoms with Crippen molar-refractivity contribution in [2.45, 2.75) is 12.7 Å². The van der Waals surface area contributed by atoms with Crippen molar-refractivity contribution in [2.75, 3.05) is 23.5 Å². The van der Waals surface area contributed by atoms with Gasteiger partial charge in [-0.15, -0.1) is 0 Å². The van der Waals surface area contributed by atoms with Crippen molar-refractivity contribution < 1.29 is 25.4 Å². The zero-order chi connectivity index (χ0) is 25.4. The Labute approximate surface area is 189 Å². The third-order valence-corrected chi connectivity index (χ3v) is 4.79. The Kier molecular flexibility index (Phi) is 5.15. The molecule has 0 bridgehead atoms. The molecular weight excluding hydrogens is 435 g/mol. The summed E-state index contributed by atoms with van der Waals surface area (Å²) < 4.78 is 63.0. The Morgan fingerprint density at radius 2 is 1.94 bits per heavy atom. The van der Waals surface area contributed by atoms with Crippen LogP contribution in [0.15, 0.2) is 67.0 Å². The number of alkyl halides is 3. The molecular formula is C23H20F3N5O2. The van der Waals surface area contributed by atoms with Gasteiger partial charge in [0.05, 0.1) is 32.3 Å². The molecule has 0 aliphatic carbocycles. The molecule has 0 aliphatic heterocycles. The van der Waals surface area contributed by atoms with Crippen LogP contribution in [0.3, 0.4) is 0 Å². The molecule has 170 valence electrons. The van der Waals surface area contributed by atoms with Gasteiger partial charge in [-0.1, -0.05) is 6.07 Å². The second-order valence-electron chi connectivity index (χ2n) is 7.00. The van der Waals surface area contributed by atoms with E-state index in [2.05, 4.69) is 15.6 Å². The van der Waals surface area contributed by atoms with Crippen LogP contribution in [0.4, 0.5) is 35.2 Å². The van der Waals surface area contributed by atoms with Crippen LogP contribution in [0.25, 0.3) is 10.9 Å². The number of aromatic nitrogens is 2. The number of nitrogen functional groups attached to an aromatic ring is 1. The summed E-state index contributed by atoms with van der Waals surface area (Å²) in [5, 5.41) is 5.50. The Bertz CT molecular complexity index is 1410. The van der Waals surface area contributed by atoms with Gasteiger partial charge in [-0.25, -0.2) is 9.78 Å². The number of benzene rings is 2. The normalized spacial score (nSPS) is 12.7. The predicted molar refractivity (Wildman–Crippen MR) is 120 cm³/mol. The molecule has 4 N–H and O–H groups in total. The molecule has 2 amide bonds. The Hall–Kier alpha value is -4.21. The fraction of sp³-hybridized carbons (Fsp3) is 0.130. The van der Waals surface area contributed by atoms with Crippen molar-refractivity contribution in [3.05, 3.63) is 78.1 Å². The number of pyridine rings is 1. The van der Waals surface area contributed by atoms with E-state index in [0.717, 1.165) is 18.2 Å². The number of nitrogens with two attached hydrogens (primary N) is 1. The molecule has 0 saturated heterocycles. The average molecular weight is 457 g/mol. The van der Waals surface area contributed by atoms with E-state index >= 15 is 0 Å². The number of ether oxygens (including phenoxy) is 1. The number of carbonyl (C=O) groups excluding carboxylic acids is 1. The largest absolute Gasteiger partial charge is 0.495 e. The van der Waals surface area contributed by atoms with Gasteiger partial charge in [0.25, 0.3) is 0 Å². The van der Waals surface area contributed by atoms with Gasteiger partial charge in [0, 0.05) is 24.3 Å². The lowest BCUT2D eigenvalue weighted by Gasteiger charge is -2.14. The van der Waals surface area contributed by atoms with E-state index in [1.54, 1.807) is 24.3 Å². The van der Waals surface area contributed by atoms with Crippen molar-refractivity contribution in [2.24, 2.45) is 0 Å². The quantitative estimate of drug-likeness (QED) is 0.377. The summed E-state index contributed by atoms with van der Waals surface area (Å²) in [6.07, 6.45) is -1.65. The molecule has 0 aliphatic rings. The van der Waals surface area contributed by atoms with Gasteiger partial charge in [0.15, 0.2) is 0 Å². The Morgan fingerprint density at radius 1 is 1.15 bits per heavy atom. The first-order chi connectivity index (χ1) is 16.5. The van der Waals surface area contributed by atoms with Crippen molar-refractivity contribution >= 4 is 34.1 Å². The topological polar surface area (TPSA) is 94.2 Å². The average Bonchev–Trinajstić information content (AvgIpc) is 3.24. The Balaban J connectivity index is 1.63. The lowest BCUT2D eigenvalue weighted by molar-refractivity contribution is -0.137. The van der Waals surface area contributed by atoms with Crippen LogP contribution < -0.4 is 21.1 Å².